The molecule has 0 N–H and O–H groups in total. The Labute approximate surface area is 189 Å². The van der Waals surface area contributed by atoms with Crippen LogP contribution in [0.15, 0.2) is 35.7 Å². The third-order valence-electron chi connectivity index (χ3n) is 6.04. The fourth-order valence-corrected chi connectivity index (χ4v) is 5.12. The summed E-state index contributed by atoms with van der Waals surface area (Å²) in [6.07, 6.45) is 3.37. The number of benzene rings is 1. The van der Waals surface area contributed by atoms with Crippen LogP contribution < -0.4 is 4.74 Å². The molecule has 1 aliphatic heterocycles. The van der Waals surface area contributed by atoms with E-state index in [4.69, 9.17) is 4.74 Å². The molecule has 166 valence electrons. The molecule has 1 aromatic carbocycles. The number of thiophene rings is 1. The molecule has 0 saturated heterocycles. The lowest BCUT2D eigenvalue weighted by atomic mass is 10.00. The summed E-state index contributed by atoms with van der Waals surface area (Å²) < 4.78 is 6.10. The zero-order valence-electron chi connectivity index (χ0n) is 18.7. The minimum atomic E-state index is -0.120. The lowest BCUT2D eigenvalue weighted by Gasteiger charge is -2.37. The van der Waals surface area contributed by atoms with Gasteiger partial charge in [-0.25, -0.2) is 0 Å². The van der Waals surface area contributed by atoms with Crippen molar-refractivity contribution in [2.75, 3.05) is 19.7 Å². The highest BCUT2D eigenvalue weighted by Gasteiger charge is 2.37. The van der Waals surface area contributed by atoms with Crippen LogP contribution in [0.2, 0.25) is 0 Å². The van der Waals surface area contributed by atoms with Crippen LogP contribution in [-0.2, 0) is 16.0 Å². The van der Waals surface area contributed by atoms with Crippen molar-refractivity contribution in [3.8, 4) is 5.75 Å². The molecular weight excluding hydrogens is 408 g/mol. The van der Waals surface area contributed by atoms with E-state index in [0.29, 0.717) is 25.5 Å². The molecule has 0 unspecified atom stereocenters. The SMILES string of the molecule is Cc1ccc(OC[C@H]2c3ccsc3CCN2C(=O)CN(C(=O)CC(C)C)C2CC2)cc1. The van der Waals surface area contributed by atoms with Gasteiger partial charge < -0.3 is 14.5 Å². The number of fused-ring (bicyclic) bond motifs is 1. The summed E-state index contributed by atoms with van der Waals surface area (Å²) in [4.78, 5) is 31.3. The van der Waals surface area contributed by atoms with Gasteiger partial charge in [0.15, 0.2) is 0 Å². The van der Waals surface area contributed by atoms with Crippen molar-refractivity contribution in [2.45, 2.75) is 58.5 Å². The number of carbonyl (C=O) groups excluding carboxylic acids is 2. The van der Waals surface area contributed by atoms with Crippen molar-refractivity contribution in [3.05, 3.63) is 51.7 Å². The predicted molar refractivity (Wildman–Crippen MR) is 123 cm³/mol. The third-order valence-corrected chi connectivity index (χ3v) is 7.04. The number of hydrogen-bond acceptors (Lipinski definition) is 4. The van der Waals surface area contributed by atoms with Crippen molar-refractivity contribution in [1.82, 2.24) is 9.80 Å². The molecule has 1 atom stereocenters. The third kappa shape index (κ3) is 5.29. The maximum absolute atomic E-state index is 13.4. The van der Waals surface area contributed by atoms with Gasteiger partial charge in [-0.1, -0.05) is 31.5 Å². The molecule has 0 radical (unpaired) electrons. The Morgan fingerprint density at radius 3 is 2.61 bits per heavy atom. The van der Waals surface area contributed by atoms with Crippen molar-refractivity contribution < 1.29 is 14.3 Å². The van der Waals surface area contributed by atoms with Gasteiger partial charge in [0, 0.05) is 23.9 Å². The molecule has 0 spiro atoms. The van der Waals surface area contributed by atoms with Gasteiger partial charge in [-0.15, -0.1) is 11.3 Å². The van der Waals surface area contributed by atoms with Gasteiger partial charge in [0.25, 0.3) is 0 Å². The predicted octanol–water partition coefficient (Wildman–Crippen LogP) is 4.60. The van der Waals surface area contributed by atoms with Crippen molar-refractivity contribution in [2.24, 2.45) is 5.92 Å². The molecule has 31 heavy (non-hydrogen) atoms. The first-order valence-corrected chi connectivity index (χ1v) is 12.1. The fraction of sp³-hybridized carbons (Fsp3) is 0.520. The first-order chi connectivity index (χ1) is 14.9. The molecule has 4 rings (SSSR count). The normalized spacial score (nSPS) is 18.1. The second-order valence-electron chi connectivity index (χ2n) is 9.13. The Morgan fingerprint density at radius 2 is 1.94 bits per heavy atom. The molecule has 0 bridgehead atoms. The van der Waals surface area contributed by atoms with Crippen LogP contribution in [-0.4, -0.2) is 47.4 Å². The van der Waals surface area contributed by atoms with E-state index in [1.807, 2.05) is 47.9 Å². The maximum Gasteiger partial charge on any atom is 0.242 e. The molecule has 2 amide bonds. The Bertz CT molecular complexity index is 917. The van der Waals surface area contributed by atoms with Gasteiger partial charge in [-0.3, -0.25) is 9.59 Å². The van der Waals surface area contributed by atoms with Crippen LogP contribution in [0.25, 0.3) is 0 Å². The Morgan fingerprint density at radius 1 is 1.19 bits per heavy atom. The fourth-order valence-electron chi connectivity index (χ4n) is 4.19. The first-order valence-electron chi connectivity index (χ1n) is 11.3. The van der Waals surface area contributed by atoms with Crippen LogP contribution >= 0.6 is 11.3 Å². The maximum atomic E-state index is 13.4. The largest absolute Gasteiger partial charge is 0.491 e. The van der Waals surface area contributed by atoms with E-state index in [1.54, 1.807) is 11.3 Å². The number of amides is 2. The molecule has 1 saturated carbocycles. The zero-order chi connectivity index (χ0) is 22.0. The van der Waals surface area contributed by atoms with Crippen LogP contribution in [0.1, 0.15) is 55.2 Å². The number of aryl methyl sites for hydroxylation is 1. The van der Waals surface area contributed by atoms with Crippen molar-refractivity contribution in [3.63, 3.8) is 0 Å². The van der Waals surface area contributed by atoms with Crippen molar-refractivity contribution >= 4 is 23.2 Å². The minimum Gasteiger partial charge on any atom is -0.491 e. The molecule has 2 heterocycles. The molecule has 1 fully saturated rings. The number of ether oxygens (including phenoxy) is 1. The second kappa shape index (κ2) is 9.43. The van der Waals surface area contributed by atoms with Gasteiger partial charge >= 0.3 is 0 Å². The highest BCUT2D eigenvalue weighted by Crippen LogP contribution is 2.35. The number of nitrogens with zero attached hydrogens (tertiary/aromatic N) is 2. The topological polar surface area (TPSA) is 49.9 Å². The van der Waals surface area contributed by atoms with Gasteiger partial charge in [0.2, 0.25) is 11.8 Å². The summed E-state index contributed by atoms with van der Waals surface area (Å²) >= 11 is 1.75. The lowest BCUT2D eigenvalue weighted by Crippen LogP contribution is -2.48. The summed E-state index contributed by atoms with van der Waals surface area (Å²) in [5.74, 6) is 1.24. The second-order valence-corrected chi connectivity index (χ2v) is 10.1. The molecule has 1 aromatic heterocycles. The van der Waals surface area contributed by atoms with E-state index in [2.05, 4.69) is 18.4 Å². The van der Waals surface area contributed by atoms with Gasteiger partial charge in [-0.05, 0) is 61.2 Å². The van der Waals surface area contributed by atoms with E-state index in [1.165, 1.54) is 16.0 Å². The minimum absolute atomic E-state index is 0.0263. The highest BCUT2D eigenvalue weighted by atomic mass is 32.1. The molecule has 2 aromatic rings. The zero-order valence-corrected chi connectivity index (χ0v) is 19.5. The lowest BCUT2D eigenvalue weighted by molar-refractivity contribution is -0.143. The summed E-state index contributed by atoms with van der Waals surface area (Å²) in [5, 5.41) is 2.10. The quantitative estimate of drug-likeness (QED) is 0.603. The molecule has 1 aliphatic carbocycles. The summed E-state index contributed by atoms with van der Waals surface area (Å²) in [6, 6.07) is 10.2. The van der Waals surface area contributed by atoms with Crippen LogP contribution in [0.5, 0.6) is 5.75 Å². The van der Waals surface area contributed by atoms with E-state index >= 15 is 0 Å². The Kier molecular flexibility index (Phi) is 6.65. The number of rotatable bonds is 8. The van der Waals surface area contributed by atoms with Gasteiger partial charge in [0.05, 0.1) is 6.04 Å². The monoisotopic (exact) mass is 440 g/mol. The van der Waals surface area contributed by atoms with Gasteiger partial charge in [-0.2, -0.15) is 0 Å². The van der Waals surface area contributed by atoms with Crippen LogP contribution in [0.3, 0.4) is 0 Å². The summed E-state index contributed by atoms with van der Waals surface area (Å²) in [7, 11) is 0. The molecular formula is C25H32N2O3S. The number of carbonyl (C=O) groups is 2. The standard InChI is InChI=1S/C25H32N2O3S/c1-17(2)14-24(28)27(19-6-7-19)15-25(29)26-12-10-23-21(11-13-31-23)22(26)16-30-20-8-4-18(3)5-9-20/h4-5,8-9,11,13,17,19,22H,6-7,10,12,14-16H2,1-3H3/t22-/m0/s1. The van der Waals surface area contributed by atoms with Crippen LogP contribution in [0.4, 0.5) is 0 Å². The smallest absolute Gasteiger partial charge is 0.242 e. The summed E-state index contributed by atoms with van der Waals surface area (Å²) in [6.45, 7) is 7.41. The first kappa shape index (κ1) is 21.9. The van der Waals surface area contributed by atoms with Crippen LogP contribution in [0, 0.1) is 12.8 Å². The molecule has 5 nitrogen and oxygen atoms in total. The van der Waals surface area contributed by atoms with E-state index in [-0.39, 0.29) is 30.4 Å². The highest BCUT2D eigenvalue weighted by molar-refractivity contribution is 7.10. The molecule has 2 aliphatic rings. The average Bonchev–Trinajstić information content (AvgIpc) is 3.46. The Balaban J connectivity index is 1.48. The average molecular weight is 441 g/mol. The molecule has 6 heteroatoms. The summed E-state index contributed by atoms with van der Waals surface area (Å²) in [5.41, 5.74) is 2.37. The Hall–Kier alpha value is -2.34. The van der Waals surface area contributed by atoms with Gasteiger partial charge in [0.1, 0.15) is 18.9 Å². The van der Waals surface area contributed by atoms with E-state index < -0.39 is 0 Å². The number of hydrogen-bond donors (Lipinski definition) is 0. The van der Waals surface area contributed by atoms with E-state index in [0.717, 1.165) is 25.0 Å². The van der Waals surface area contributed by atoms with Crippen molar-refractivity contribution in [1.29, 1.82) is 0 Å². The van der Waals surface area contributed by atoms with E-state index in [9.17, 15) is 9.59 Å².